The van der Waals surface area contributed by atoms with Gasteiger partial charge in [0, 0.05) is 11.6 Å². The number of carboxylic acids is 1. The Bertz CT molecular complexity index is 1030. The van der Waals surface area contributed by atoms with Gasteiger partial charge in [-0.1, -0.05) is 13.8 Å². The lowest BCUT2D eigenvalue weighted by Crippen LogP contribution is -2.30. The average molecular weight is 412 g/mol. The first-order chi connectivity index (χ1) is 14.2. The third kappa shape index (κ3) is 3.60. The van der Waals surface area contributed by atoms with Crippen LogP contribution in [-0.2, 0) is 9.53 Å². The van der Waals surface area contributed by atoms with E-state index in [-0.39, 0.29) is 36.0 Å². The molecule has 0 radical (unpaired) electrons. The summed E-state index contributed by atoms with van der Waals surface area (Å²) in [7, 11) is 0. The Kier molecular flexibility index (Phi) is 4.72. The van der Waals surface area contributed by atoms with Crippen molar-refractivity contribution in [3.8, 4) is 0 Å². The molecule has 1 saturated carbocycles. The van der Waals surface area contributed by atoms with E-state index in [4.69, 9.17) is 4.74 Å². The topological polar surface area (TPSA) is 87.2 Å². The van der Waals surface area contributed by atoms with Gasteiger partial charge in [0.15, 0.2) is 0 Å². The van der Waals surface area contributed by atoms with Crippen molar-refractivity contribution in [1.29, 1.82) is 0 Å². The maximum absolute atomic E-state index is 13.5. The average Bonchev–Trinajstić information content (AvgIpc) is 3.12. The van der Waals surface area contributed by atoms with Crippen LogP contribution in [0.1, 0.15) is 30.6 Å². The first kappa shape index (κ1) is 19.9. The Morgan fingerprint density at radius 1 is 1.17 bits per heavy atom. The van der Waals surface area contributed by atoms with Crippen LogP contribution < -0.4 is 9.80 Å². The molecule has 2 fully saturated rings. The fourth-order valence-electron chi connectivity index (χ4n) is 3.67. The van der Waals surface area contributed by atoms with Crippen molar-refractivity contribution in [2.45, 2.75) is 20.3 Å². The summed E-state index contributed by atoms with van der Waals surface area (Å²) in [4.78, 5) is 39.8. The number of carboxylic acid groups (broad SMARTS) is 1. The quantitative estimate of drug-likeness (QED) is 0.796. The number of cyclic esters (lactones) is 1. The predicted molar refractivity (Wildman–Crippen MR) is 108 cm³/mol. The minimum Gasteiger partial charge on any atom is -0.478 e. The standard InChI is InChI=1S/C22H21FN2O5/c1-22(2)12-18(22)19(26)25(15-5-3-14(23)4-6-15)17-10-13(20(27)28)9-16(11-17)24-7-8-30-21(24)29/h3-6,9-11,18H,7-8,12H2,1-2H3,(H,27,28). The number of benzene rings is 2. The van der Waals surface area contributed by atoms with Crippen LogP contribution in [0.2, 0.25) is 0 Å². The van der Waals surface area contributed by atoms with Gasteiger partial charge in [-0.05, 0) is 54.3 Å². The molecule has 8 heteroatoms. The number of hydrogen-bond donors (Lipinski definition) is 1. The lowest BCUT2D eigenvalue weighted by atomic mass is 10.1. The van der Waals surface area contributed by atoms with Crippen molar-refractivity contribution in [3.05, 3.63) is 53.8 Å². The Hall–Kier alpha value is -3.42. The van der Waals surface area contributed by atoms with Gasteiger partial charge in [0.05, 0.1) is 23.5 Å². The van der Waals surface area contributed by atoms with E-state index in [1.807, 2.05) is 13.8 Å². The van der Waals surface area contributed by atoms with Crippen LogP contribution in [0.5, 0.6) is 0 Å². The number of aromatic carboxylic acids is 1. The van der Waals surface area contributed by atoms with Crippen LogP contribution in [0.15, 0.2) is 42.5 Å². The molecule has 0 aromatic heterocycles. The second-order valence-electron chi connectivity index (χ2n) is 8.20. The predicted octanol–water partition coefficient (Wildman–Crippen LogP) is 4.19. The molecule has 2 amide bonds. The number of rotatable bonds is 5. The van der Waals surface area contributed by atoms with Gasteiger partial charge < -0.3 is 9.84 Å². The minimum absolute atomic E-state index is 0.0721. The van der Waals surface area contributed by atoms with E-state index in [1.54, 1.807) is 6.07 Å². The van der Waals surface area contributed by atoms with E-state index in [0.717, 1.165) is 0 Å². The summed E-state index contributed by atoms with van der Waals surface area (Å²) in [6, 6.07) is 9.76. The van der Waals surface area contributed by atoms with E-state index >= 15 is 0 Å². The third-order valence-corrected chi connectivity index (χ3v) is 5.60. The van der Waals surface area contributed by atoms with Crippen molar-refractivity contribution in [3.63, 3.8) is 0 Å². The molecule has 1 unspecified atom stereocenters. The molecule has 2 aromatic carbocycles. The third-order valence-electron chi connectivity index (χ3n) is 5.60. The molecule has 1 N–H and O–H groups in total. The smallest absolute Gasteiger partial charge is 0.414 e. The fraction of sp³-hybridized carbons (Fsp3) is 0.318. The summed E-state index contributed by atoms with van der Waals surface area (Å²) < 4.78 is 18.4. The number of ether oxygens (including phenoxy) is 1. The number of carbonyl (C=O) groups excluding carboxylic acids is 2. The zero-order valence-corrected chi connectivity index (χ0v) is 16.6. The molecular weight excluding hydrogens is 391 g/mol. The molecule has 2 aromatic rings. The molecule has 7 nitrogen and oxygen atoms in total. The molecular formula is C22H21FN2O5. The molecule has 1 atom stereocenters. The van der Waals surface area contributed by atoms with E-state index < -0.39 is 17.9 Å². The maximum atomic E-state index is 13.5. The molecule has 4 rings (SSSR count). The first-order valence-corrected chi connectivity index (χ1v) is 9.59. The second kappa shape index (κ2) is 7.12. The van der Waals surface area contributed by atoms with Crippen molar-refractivity contribution in [2.24, 2.45) is 11.3 Å². The van der Waals surface area contributed by atoms with Gasteiger partial charge in [-0.2, -0.15) is 0 Å². The van der Waals surface area contributed by atoms with Crippen LogP contribution >= 0.6 is 0 Å². The summed E-state index contributed by atoms with van der Waals surface area (Å²) in [6.07, 6.45) is 0.125. The molecule has 2 aliphatic rings. The molecule has 1 heterocycles. The molecule has 1 saturated heterocycles. The van der Waals surface area contributed by atoms with Gasteiger partial charge in [0.25, 0.3) is 0 Å². The van der Waals surface area contributed by atoms with Crippen molar-refractivity contribution in [1.82, 2.24) is 0 Å². The van der Waals surface area contributed by atoms with Crippen LogP contribution in [0.25, 0.3) is 0 Å². The lowest BCUT2D eigenvalue weighted by molar-refractivity contribution is -0.119. The van der Waals surface area contributed by atoms with Crippen LogP contribution in [0.3, 0.4) is 0 Å². The van der Waals surface area contributed by atoms with Gasteiger partial charge in [-0.3, -0.25) is 14.6 Å². The highest BCUT2D eigenvalue weighted by Crippen LogP contribution is 2.53. The molecule has 0 spiro atoms. The highest BCUT2D eigenvalue weighted by molar-refractivity contribution is 6.05. The highest BCUT2D eigenvalue weighted by atomic mass is 19.1. The normalized spacial score (nSPS) is 19.4. The van der Waals surface area contributed by atoms with Gasteiger partial charge in [-0.25, -0.2) is 14.0 Å². The Labute approximate surface area is 172 Å². The number of halogens is 1. The van der Waals surface area contributed by atoms with Gasteiger partial charge in [0.2, 0.25) is 5.91 Å². The molecule has 1 aliphatic heterocycles. The Morgan fingerprint density at radius 2 is 1.83 bits per heavy atom. The minimum atomic E-state index is -1.19. The van der Waals surface area contributed by atoms with Gasteiger partial charge >= 0.3 is 12.1 Å². The number of amides is 2. The summed E-state index contributed by atoms with van der Waals surface area (Å²) in [6.45, 7) is 4.44. The van der Waals surface area contributed by atoms with E-state index in [0.29, 0.717) is 23.5 Å². The van der Waals surface area contributed by atoms with E-state index in [9.17, 15) is 23.9 Å². The van der Waals surface area contributed by atoms with E-state index in [2.05, 4.69) is 0 Å². The summed E-state index contributed by atoms with van der Waals surface area (Å²) in [5.74, 6) is -2.08. The number of anilines is 3. The largest absolute Gasteiger partial charge is 0.478 e. The van der Waals surface area contributed by atoms with E-state index in [1.165, 1.54) is 46.2 Å². The molecule has 1 aliphatic carbocycles. The van der Waals surface area contributed by atoms with Crippen LogP contribution in [-0.4, -0.2) is 36.2 Å². The summed E-state index contributed by atoms with van der Waals surface area (Å²) >= 11 is 0. The summed E-state index contributed by atoms with van der Waals surface area (Å²) in [5, 5.41) is 9.59. The second-order valence-corrected chi connectivity index (χ2v) is 8.20. The molecule has 30 heavy (non-hydrogen) atoms. The highest BCUT2D eigenvalue weighted by Gasteiger charge is 2.52. The number of carbonyl (C=O) groups is 3. The zero-order valence-electron chi connectivity index (χ0n) is 16.6. The lowest BCUT2D eigenvalue weighted by Gasteiger charge is -2.26. The summed E-state index contributed by atoms with van der Waals surface area (Å²) in [5.41, 5.74) is 0.798. The maximum Gasteiger partial charge on any atom is 0.414 e. The van der Waals surface area contributed by atoms with Gasteiger partial charge in [0.1, 0.15) is 12.4 Å². The molecule has 0 bridgehead atoms. The van der Waals surface area contributed by atoms with Crippen molar-refractivity contribution >= 4 is 35.0 Å². The van der Waals surface area contributed by atoms with Crippen molar-refractivity contribution in [2.75, 3.05) is 23.0 Å². The Balaban J connectivity index is 1.84. The van der Waals surface area contributed by atoms with Crippen LogP contribution in [0, 0.1) is 17.2 Å². The first-order valence-electron chi connectivity index (χ1n) is 9.59. The number of nitrogens with zero attached hydrogens (tertiary/aromatic N) is 2. The fourth-order valence-corrected chi connectivity index (χ4v) is 3.67. The monoisotopic (exact) mass is 412 g/mol. The zero-order chi connectivity index (χ0) is 21.6. The van der Waals surface area contributed by atoms with Crippen LogP contribution in [0.4, 0.5) is 26.2 Å². The Morgan fingerprint density at radius 3 is 2.37 bits per heavy atom. The molecule has 156 valence electrons. The number of hydrogen-bond acceptors (Lipinski definition) is 4. The van der Waals surface area contributed by atoms with Crippen molar-refractivity contribution < 1.29 is 28.6 Å². The SMILES string of the molecule is CC1(C)CC1C(=O)N(c1ccc(F)cc1)c1cc(C(=O)O)cc(N2CCOC2=O)c1. The van der Waals surface area contributed by atoms with Gasteiger partial charge in [-0.15, -0.1) is 0 Å².